The summed E-state index contributed by atoms with van der Waals surface area (Å²) in [6.07, 6.45) is 0.811. The van der Waals surface area contributed by atoms with Gasteiger partial charge in [-0.05, 0) is 12.1 Å². The highest BCUT2D eigenvalue weighted by atomic mass is 16.5. The minimum absolute atomic E-state index is 0.191. The molecule has 11 heteroatoms. The van der Waals surface area contributed by atoms with Crippen LogP contribution in [0.2, 0.25) is 0 Å². The Hall–Kier alpha value is -3.05. The molecule has 0 aromatic carbocycles. The zero-order chi connectivity index (χ0) is 18.3. The number of hydrogen-bond donors (Lipinski definition) is 2. The van der Waals surface area contributed by atoms with Gasteiger partial charge in [-0.15, -0.1) is 0 Å². The van der Waals surface area contributed by atoms with Crippen LogP contribution in [0.5, 0.6) is 0 Å². The third-order valence-corrected chi connectivity index (χ3v) is 4.36. The molecule has 0 bridgehead atoms. The number of aryl methyl sites for hydroxylation is 1. The Morgan fingerprint density at radius 3 is 3.00 bits per heavy atom. The Kier molecular flexibility index (Phi) is 4.01. The maximum Gasteiger partial charge on any atom is 0.315 e. The first-order valence-electron chi connectivity index (χ1n) is 8.08. The molecule has 0 saturated carbocycles. The van der Waals surface area contributed by atoms with Gasteiger partial charge < -0.3 is 15.4 Å². The van der Waals surface area contributed by atoms with Crippen molar-refractivity contribution < 1.29 is 14.4 Å². The van der Waals surface area contributed by atoms with E-state index in [0.29, 0.717) is 36.8 Å². The van der Waals surface area contributed by atoms with Gasteiger partial charge in [0.25, 0.3) is 0 Å². The molecule has 1 amide bonds. The van der Waals surface area contributed by atoms with Gasteiger partial charge in [-0.25, -0.2) is 0 Å². The van der Waals surface area contributed by atoms with E-state index in [1.807, 2.05) is 10.7 Å². The Balaban J connectivity index is 1.48. The molecule has 4 rings (SSSR count). The third-order valence-electron chi connectivity index (χ3n) is 4.36. The molecule has 3 aromatic rings. The molecule has 0 radical (unpaired) electrons. The number of aliphatic hydroxyl groups excluding tert-OH is 1. The maximum atomic E-state index is 11.0. The molecule has 3 aromatic heterocycles. The molecule has 1 unspecified atom stereocenters. The lowest BCUT2D eigenvalue weighted by Crippen LogP contribution is -2.33. The zero-order valence-corrected chi connectivity index (χ0v) is 14.1. The van der Waals surface area contributed by atoms with Crippen molar-refractivity contribution >= 4 is 5.91 Å². The highest BCUT2D eigenvalue weighted by Gasteiger charge is 2.24. The quantitative estimate of drug-likeness (QED) is 0.603. The number of carbonyl (C=O) groups excluding carboxylic acids is 1. The highest BCUT2D eigenvalue weighted by molar-refractivity contribution is 5.87. The summed E-state index contributed by atoms with van der Waals surface area (Å²) < 4.78 is 8.32. The van der Waals surface area contributed by atoms with Crippen molar-refractivity contribution in [3.8, 4) is 0 Å². The number of hydrogen-bond acceptors (Lipinski definition) is 8. The van der Waals surface area contributed by atoms with Crippen LogP contribution in [0, 0.1) is 0 Å². The van der Waals surface area contributed by atoms with Crippen molar-refractivity contribution in [2.45, 2.75) is 25.7 Å². The minimum atomic E-state index is -0.829. The molecule has 0 saturated heterocycles. The van der Waals surface area contributed by atoms with Crippen molar-refractivity contribution in [1.82, 2.24) is 34.6 Å². The van der Waals surface area contributed by atoms with E-state index < -0.39 is 12.0 Å². The second-order valence-electron chi connectivity index (χ2n) is 6.16. The highest BCUT2D eigenvalue weighted by Crippen LogP contribution is 2.23. The lowest BCUT2D eigenvalue weighted by Gasteiger charge is -2.26. The summed E-state index contributed by atoms with van der Waals surface area (Å²) in [5.74, 6) is -0.528. The molecule has 1 aliphatic heterocycles. The fraction of sp³-hybridized carbons (Fsp3) is 0.400. The van der Waals surface area contributed by atoms with Crippen molar-refractivity contribution in [3.63, 3.8) is 0 Å². The SMILES string of the molecule is Cn1nccc1C(O)c1cc2n(n1)CCN(Cc1noc(C(N)=O)n1)C2. The van der Waals surface area contributed by atoms with Crippen LogP contribution in [0.4, 0.5) is 0 Å². The van der Waals surface area contributed by atoms with Gasteiger partial charge in [0.15, 0.2) is 5.82 Å². The first-order valence-corrected chi connectivity index (χ1v) is 8.08. The molecule has 4 heterocycles. The van der Waals surface area contributed by atoms with E-state index in [9.17, 15) is 9.90 Å². The van der Waals surface area contributed by atoms with E-state index in [2.05, 4.69) is 25.2 Å². The number of fused-ring (bicyclic) bond motifs is 1. The average molecular weight is 358 g/mol. The van der Waals surface area contributed by atoms with Crippen LogP contribution in [-0.4, -0.2) is 52.2 Å². The van der Waals surface area contributed by atoms with Crippen molar-refractivity contribution in [2.75, 3.05) is 6.54 Å². The summed E-state index contributed by atoms with van der Waals surface area (Å²) >= 11 is 0. The fourth-order valence-electron chi connectivity index (χ4n) is 3.03. The van der Waals surface area contributed by atoms with Gasteiger partial charge in [0, 0.05) is 26.3 Å². The molecule has 1 aliphatic rings. The van der Waals surface area contributed by atoms with E-state index >= 15 is 0 Å². The second kappa shape index (κ2) is 6.35. The molecule has 0 spiro atoms. The Morgan fingerprint density at radius 2 is 2.31 bits per heavy atom. The minimum Gasteiger partial charge on any atom is -0.380 e. The number of aliphatic hydroxyl groups is 1. The van der Waals surface area contributed by atoms with Crippen LogP contribution in [0.3, 0.4) is 0 Å². The van der Waals surface area contributed by atoms with Crippen LogP contribution in [-0.2, 0) is 26.7 Å². The lowest BCUT2D eigenvalue weighted by atomic mass is 10.1. The number of nitrogens with two attached hydrogens (primary N) is 1. The molecule has 0 fully saturated rings. The van der Waals surface area contributed by atoms with E-state index in [4.69, 9.17) is 10.3 Å². The van der Waals surface area contributed by atoms with Crippen LogP contribution >= 0.6 is 0 Å². The number of nitrogens with zero attached hydrogens (tertiary/aromatic N) is 7. The predicted molar refractivity (Wildman–Crippen MR) is 86.4 cm³/mol. The lowest BCUT2D eigenvalue weighted by molar-refractivity contribution is 0.0958. The van der Waals surface area contributed by atoms with E-state index in [1.54, 1.807) is 24.0 Å². The second-order valence-corrected chi connectivity index (χ2v) is 6.16. The van der Waals surface area contributed by atoms with Gasteiger partial charge >= 0.3 is 11.8 Å². The zero-order valence-electron chi connectivity index (χ0n) is 14.1. The predicted octanol–water partition coefficient (Wildman–Crippen LogP) is -0.804. The Labute approximate surface area is 148 Å². The summed E-state index contributed by atoms with van der Waals surface area (Å²) in [4.78, 5) is 17.1. The number of amides is 1. The Morgan fingerprint density at radius 1 is 1.46 bits per heavy atom. The molecular weight excluding hydrogens is 340 g/mol. The third kappa shape index (κ3) is 2.97. The molecule has 3 N–H and O–H groups in total. The van der Waals surface area contributed by atoms with Crippen LogP contribution in [0.15, 0.2) is 22.9 Å². The topological polar surface area (TPSA) is 141 Å². The monoisotopic (exact) mass is 358 g/mol. The number of aromatic nitrogens is 6. The van der Waals surface area contributed by atoms with Gasteiger partial charge in [0.2, 0.25) is 0 Å². The van der Waals surface area contributed by atoms with Gasteiger partial charge in [-0.2, -0.15) is 15.2 Å². The van der Waals surface area contributed by atoms with E-state index in [0.717, 1.165) is 12.2 Å². The molecule has 136 valence electrons. The van der Waals surface area contributed by atoms with Gasteiger partial charge in [0.1, 0.15) is 6.10 Å². The summed E-state index contributed by atoms with van der Waals surface area (Å²) in [5, 5.41) is 22.9. The van der Waals surface area contributed by atoms with Gasteiger partial charge in [0.05, 0.1) is 30.2 Å². The van der Waals surface area contributed by atoms with Crippen LogP contribution in [0.1, 0.15) is 39.7 Å². The molecule has 1 atom stereocenters. The summed E-state index contributed by atoms with van der Waals surface area (Å²) in [5.41, 5.74) is 7.36. The largest absolute Gasteiger partial charge is 0.380 e. The van der Waals surface area contributed by atoms with Crippen molar-refractivity contribution in [3.05, 3.63) is 47.1 Å². The van der Waals surface area contributed by atoms with Gasteiger partial charge in [-0.3, -0.25) is 19.1 Å². The standard InChI is InChI=1S/C15H18N8O3/c1-21-11(2-3-17-21)13(24)10-6-9-7-22(4-5-23(9)19-10)8-12-18-15(14(16)25)26-20-12/h2-3,6,13,24H,4-5,7-8H2,1H3,(H2,16,25). The van der Waals surface area contributed by atoms with Crippen LogP contribution in [0.25, 0.3) is 0 Å². The van der Waals surface area contributed by atoms with Crippen molar-refractivity contribution in [2.24, 2.45) is 12.8 Å². The molecular formula is C15H18N8O3. The normalized spacial score (nSPS) is 15.8. The first-order chi connectivity index (χ1) is 12.5. The number of carbonyl (C=O) groups is 1. The maximum absolute atomic E-state index is 11.0. The summed E-state index contributed by atoms with van der Waals surface area (Å²) in [6, 6.07) is 3.65. The first kappa shape index (κ1) is 16.4. The van der Waals surface area contributed by atoms with Gasteiger partial charge in [-0.1, -0.05) is 5.16 Å². The summed E-state index contributed by atoms with van der Waals surface area (Å²) in [6.45, 7) is 2.46. The number of rotatable bonds is 5. The molecule has 26 heavy (non-hydrogen) atoms. The van der Waals surface area contributed by atoms with Crippen molar-refractivity contribution in [1.29, 1.82) is 0 Å². The average Bonchev–Trinajstić information content (AvgIpc) is 3.33. The number of primary amides is 1. The fourth-order valence-corrected chi connectivity index (χ4v) is 3.03. The summed E-state index contributed by atoms with van der Waals surface area (Å²) in [7, 11) is 1.78. The smallest absolute Gasteiger partial charge is 0.315 e. The van der Waals surface area contributed by atoms with E-state index in [-0.39, 0.29) is 5.89 Å². The molecule has 11 nitrogen and oxygen atoms in total. The van der Waals surface area contributed by atoms with Crippen LogP contribution < -0.4 is 5.73 Å². The van der Waals surface area contributed by atoms with E-state index in [1.165, 1.54) is 0 Å². The molecule has 0 aliphatic carbocycles. The Bertz CT molecular complexity index is 942.